The molecule has 218 valence electrons. The molecule has 2 fully saturated rings. The standard InChI is InChI=1S/C27H26ClF5N6O2/c1-13(40)35-15-8-16(9-15)36-23(41)25(3)21(26(25,29)30)14-4-6-17(7-5-14)38-12-24(2,27(31,32)33)22-18(38)11-34-20-10-19(28)37-39(20)22/h4-7,10-11,15-16,21H,8-9,12H2,1-3H3,(H,35,40)(H,36,41)/t15?,16?,21-,24-,25+/m1/s1. The molecule has 3 heterocycles. The van der Waals surface area contributed by atoms with E-state index in [-0.39, 0.29) is 45.7 Å². The molecule has 0 bridgehead atoms. The molecule has 0 spiro atoms. The molecule has 3 aromatic rings. The fraction of sp³-hybridized carbons (Fsp3) is 0.481. The highest BCUT2D eigenvalue weighted by Crippen LogP contribution is 2.71. The van der Waals surface area contributed by atoms with Gasteiger partial charge in [-0.25, -0.2) is 18.3 Å². The second-order valence-electron chi connectivity index (χ2n) is 11.5. The molecule has 3 atom stereocenters. The third-order valence-electron chi connectivity index (χ3n) is 8.79. The summed E-state index contributed by atoms with van der Waals surface area (Å²) in [5.74, 6) is -5.68. The lowest BCUT2D eigenvalue weighted by molar-refractivity contribution is -0.181. The van der Waals surface area contributed by atoms with Gasteiger partial charge in [-0.3, -0.25) is 9.59 Å². The third kappa shape index (κ3) is 3.98. The van der Waals surface area contributed by atoms with Crippen LogP contribution in [0.3, 0.4) is 0 Å². The number of hydrogen-bond acceptors (Lipinski definition) is 5. The average molecular weight is 597 g/mol. The van der Waals surface area contributed by atoms with E-state index in [1.54, 1.807) is 0 Å². The van der Waals surface area contributed by atoms with E-state index in [9.17, 15) is 22.8 Å². The Kier molecular flexibility index (Phi) is 5.91. The first kappa shape index (κ1) is 27.7. The summed E-state index contributed by atoms with van der Waals surface area (Å²) in [6.07, 6.45) is -2.39. The second-order valence-corrected chi connectivity index (χ2v) is 11.9. The summed E-state index contributed by atoms with van der Waals surface area (Å²) < 4.78 is 74.5. The van der Waals surface area contributed by atoms with Crippen LogP contribution in [0.1, 0.15) is 50.8 Å². The van der Waals surface area contributed by atoms with E-state index in [1.165, 1.54) is 55.3 Å². The zero-order valence-electron chi connectivity index (χ0n) is 22.2. The predicted octanol–water partition coefficient (Wildman–Crippen LogP) is 4.88. The Morgan fingerprint density at radius 3 is 2.32 bits per heavy atom. The molecule has 2 aromatic heterocycles. The monoisotopic (exact) mass is 596 g/mol. The minimum atomic E-state index is -4.64. The quantitative estimate of drug-likeness (QED) is 0.410. The smallest absolute Gasteiger partial charge is 0.353 e. The van der Waals surface area contributed by atoms with E-state index in [4.69, 9.17) is 11.6 Å². The van der Waals surface area contributed by atoms with E-state index < -0.39 is 41.3 Å². The van der Waals surface area contributed by atoms with Gasteiger partial charge in [0.05, 0.1) is 23.5 Å². The number of carbonyl (C=O) groups excluding carboxylic acids is 2. The number of carbonyl (C=O) groups is 2. The lowest BCUT2D eigenvalue weighted by atomic mass is 9.86. The molecule has 3 aliphatic rings. The molecular weight excluding hydrogens is 571 g/mol. The molecule has 41 heavy (non-hydrogen) atoms. The lowest BCUT2D eigenvalue weighted by Gasteiger charge is -2.36. The van der Waals surface area contributed by atoms with Crippen LogP contribution in [0, 0.1) is 5.41 Å². The predicted molar refractivity (Wildman–Crippen MR) is 139 cm³/mol. The molecule has 6 rings (SSSR count). The van der Waals surface area contributed by atoms with Gasteiger partial charge in [0.15, 0.2) is 10.8 Å². The molecule has 1 aliphatic heterocycles. The normalized spacial score (nSPS) is 30.1. The van der Waals surface area contributed by atoms with Gasteiger partial charge >= 0.3 is 6.18 Å². The fourth-order valence-electron chi connectivity index (χ4n) is 6.22. The van der Waals surface area contributed by atoms with Gasteiger partial charge in [-0.2, -0.15) is 18.3 Å². The number of amides is 2. The Labute approximate surface area is 236 Å². The summed E-state index contributed by atoms with van der Waals surface area (Å²) in [5, 5.41) is 9.42. The van der Waals surface area contributed by atoms with Crippen molar-refractivity contribution in [3.63, 3.8) is 0 Å². The van der Waals surface area contributed by atoms with Crippen molar-refractivity contribution < 1.29 is 31.5 Å². The molecule has 0 radical (unpaired) electrons. The number of fused-ring (bicyclic) bond motifs is 3. The number of nitrogens with one attached hydrogen (secondary N) is 2. The molecule has 2 amide bonds. The maximum Gasteiger partial charge on any atom is 0.401 e. The van der Waals surface area contributed by atoms with Crippen LogP contribution in [-0.4, -0.2) is 57.1 Å². The van der Waals surface area contributed by atoms with Crippen molar-refractivity contribution >= 4 is 40.4 Å². The summed E-state index contributed by atoms with van der Waals surface area (Å²) in [6, 6.07) is 6.74. The molecule has 14 heteroatoms. The van der Waals surface area contributed by atoms with Crippen molar-refractivity contribution in [1.82, 2.24) is 25.2 Å². The van der Waals surface area contributed by atoms with Crippen molar-refractivity contribution in [3.8, 4) is 0 Å². The van der Waals surface area contributed by atoms with Gasteiger partial charge < -0.3 is 15.5 Å². The lowest BCUT2D eigenvalue weighted by Crippen LogP contribution is -2.54. The zero-order valence-corrected chi connectivity index (χ0v) is 22.9. The van der Waals surface area contributed by atoms with Crippen LogP contribution < -0.4 is 15.5 Å². The minimum absolute atomic E-state index is 0.000489. The van der Waals surface area contributed by atoms with E-state index >= 15 is 8.78 Å². The number of halogens is 6. The molecule has 1 aromatic carbocycles. The Morgan fingerprint density at radius 1 is 1.07 bits per heavy atom. The van der Waals surface area contributed by atoms with Gasteiger partial charge in [0, 0.05) is 37.3 Å². The maximum atomic E-state index is 15.1. The zero-order chi connectivity index (χ0) is 29.7. The first-order valence-corrected chi connectivity index (χ1v) is 13.4. The van der Waals surface area contributed by atoms with Crippen LogP contribution in [0.15, 0.2) is 36.5 Å². The summed E-state index contributed by atoms with van der Waals surface area (Å²) >= 11 is 5.96. The first-order chi connectivity index (χ1) is 19.1. The van der Waals surface area contributed by atoms with Crippen LogP contribution in [0.25, 0.3) is 5.65 Å². The number of rotatable bonds is 5. The molecule has 2 saturated carbocycles. The molecule has 0 unspecified atom stereocenters. The topological polar surface area (TPSA) is 91.6 Å². The number of benzene rings is 1. The minimum Gasteiger partial charge on any atom is -0.353 e. The molecule has 2 N–H and O–H groups in total. The Hall–Kier alpha value is -3.48. The van der Waals surface area contributed by atoms with Crippen LogP contribution in [0.2, 0.25) is 5.15 Å². The third-order valence-corrected chi connectivity index (χ3v) is 8.97. The molecular formula is C27H26ClF5N6O2. The average Bonchev–Trinajstić information content (AvgIpc) is 3.14. The number of nitrogens with zero attached hydrogens (tertiary/aromatic N) is 4. The maximum absolute atomic E-state index is 15.1. The molecule has 0 saturated heterocycles. The number of alkyl halides is 5. The van der Waals surface area contributed by atoms with E-state index in [0.717, 1.165) is 11.4 Å². The largest absolute Gasteiger partial charge is 0.401 e. The number of aromatic nitrogens is 3. The Morgan fingerprint density at radius 2 is 1.71 bits per heavy atom. The van der Waals surface area contributed by atoms with Crippen molar-refractivity contribution in [2.24, 2.45) is 5.41 Å². The van der Waals surface area contributed by atoms with Crippen molar-refractivity contribution in [2.45, 2.75) is 69.1 Å². The van der Waals surface area contributed by atoms with E-state index in [2.05, 4.69) is 20.7 Å². The summed E-state index contributed by atoms with van der Waals surface area (Å²) in [5.41, 5.74) is -3.54. The number of anilines is 2. The first-order valence-electron chi connectivity index (χ1n) is 13.0. The highest BCUT2D eigenvalue weighted by Gasteiger charge is 2.82. The summed E-state index contributed by atoms with van der Waals surface area (Å²) in [4.78, 5) is 29.7. The van der Waals surface area contributed by atoms with Crippen molar-refractivity contribution in [2.75, 3.05) is 11.4 Å². The van der Waals surface area contributed by atoms with Gasteiger partial charge in [-0.15, -0.1) is 0 Å². The fourth-order valence-corrected chi connectivity index (χ4v) is 6.39. The molecule has 2 aliphatic carbocycles. The van der Waals surface area contributed by atoms with Crippen LogP contribution in [-0.2, 0) is 15.0 Å². The second kappa shape index (κ2) is 8.76. The Balaban J connectivity index is 1.25. The van der Waals surface area contributed by atoms with Crippen LogP contribution in [0.5, 0.6) is 0 Å². The van der Waals surface area contributed by atoms with Crippen molar-refractivity contribution in [1.29, 1.82) is 0 Å². The van der Waals surface area contributed by atoms with E-state index in [1.807, 2.05) is 0 Å². The Bertz CT molecular complexity index is 1570. The van der Waals surface area contributed by atoms with Gasteiger partial charge in [0.25, 0.3) is 5.92 Å². The van der Waals surface area contributed by atoms with Crippen LogP contribution in [0.4, 0.5) is 33.3 Å². The number of hydrogen-bond donors (Lipinski definition) is 2. The van der Waals surface area contributed by atoms with Gasteiger partial charge in [-0.1, -0.05) is 23.7 Å². The SMILES string of the molecule is CC(=O)NC1CC(NC(=O)[C@]2(C)[C@@H](c3ccc(N4C[C@@](C)(C(F)(F)F)c5c4cnc4cc(Cl)nn54)cc3)C2(F)F)C1. The highest BCUT2D eigenvalue weighted by atomic mass is 35.5. The van der Waals surface area contributed by atoms with Crippen LogP contribution >= 0.6 is 11.6 Å². The van der Waals surface area contributed by atoms with Gasteiger partial charge in [0.2, 0.25) is 11.8 Å². The van der Waals surface area contributed by atoms with Gasteiger partial charge in [-0.05, 0) is 44.4 Å². The van der Waals surface area contributed by atoms with E-state index in [0.29, 0.717) is 18.5 Å². The summed E-state index contributed by atoms with van der Waals surface area (Å²) in [6.45, 7) is 3.19. The summed E-state index contributed by atoms with van der Waals surface area (Å²) in [7, 11) is 0. The van der Waals surface area contributed by atoms with Gasteiger partial charge in [0.1, 0.15) is 10.8 Å². The highest BCUT2D eigenvalue weighted by molar-refractivity contribution is 6.29. The molecule has 8 nitrogen and oxygen atoms in total. The van der Waals surface area contributed by atoms with Crippen molar-refractivity contribution in [3.05, 3.63) is 52.9 Å².